The average molecular weight is 409 g/mol. The number of hydrogen-bond acceptors (Lipinski definition) is 6. The SMILES string of the molecule is Cc1nc2c(C(N)=O)ncn2c(C)c1CCC(=O)OC(CC(C)C)c1ccccn1. The lowest BCUT2D eigenvalue weighted by Gasteiger charge is -2.19. The number of hydrogen-bond donors (Lipinski definition) is 1. The van der Waals surface area contributed by atoms with Gasteiger partial charge in [-0.3, -0.25) is 19.0 Å². The van der Waals surface area contributed by atoms with E-state index in [1.807, 2.05) is 32.0 Å². The fourth-order valence-electron chi connectivity index (χ4n) is 3.53. The number of esters is 1. The molecule has 3 aromatic heterocycles. The molecule has 0 fully saturated rings. The summed E-state index contributed by atoms with van der Waals surface area (Å²) >= 11 is 0. The summed E-state index contributed by atoms with van der Waals surface area (Å²) in [7, 11) is 0. The van der Waals surface area contributed by atoms with Gasteiger partial charge in [-0.15, -0.1) is 0 Å². The Morgan fingerprint density at radius 2 is 1.97 bits per heavy atom. The lowest BCUT2D eigenvalue weighted by molar-refractivity contribution is -0.150. The van der Waals surface area contributed by atoms with Crippen molar-refractivity contribution in [1.82, 2.24) is 19.4 Å². The topological polar surface area (TPSA) is 112 Å². The summed E-state index contributed by atoms with van der Waals surface area (Å²) in [6.07, 6.45) is 4.26. The van der Waals surface area contributed by atoms with Gasteiger partial charge in [-0.25, -0.2) is 9.97 Å². The van der Waals surface area contributed by atoms with E-state index in [4.69, 9.17) is 10.5 Å². The van der Waals surface area contributed by atoms with Crippen LogP contribution in [-0.4, -0.2) is 31.2 Å². The van der Waals surface area contributed by atoms with Gasteiger partial charge in [0.1, 0.15) is 12.4 Å². The summed E-state index contributed by atoms with van der Waals surface area (Å²) in [6.45, 7) is 7.93. The molecule has 0 aliphatic carbocycles. The summed E-state index contributed by atoms with van der Waals surface area (Å²) in [5, 5.41) is 0. The molecule has 3 rings (SSSR count). The number of nitrogens with two attached hydrogens (primary N) is 1. The van der Waals surface area contributed by atoms with Gasteiger partial charge in [-0.2, -0.15) is 0 Å². The first kappa shape index (κ1) is 21.4. The van der Waals surface area contributed by atoms with Crippen LogP contribution in [0.15, 0.2) is 30.7 Å². The fourth-order valence-corrected chi connectivity index (χ4v) is 3.53. The van der Waals surface area contributed by atoms with E-state index in [0.29, 0.717) is 24.4 Å². The number of nitrogens with zero attached hydrogens (tertiary/aromatic N) is 4. The maximum atomic E-state index is 12.6. The molecular weight excluding hydrogens is 382 g/mol. The highest BCUT2D eigenvalue weighted by atomic mass is 16.5. The number of ether oxygens (including phenoxy) is 1. The van der Waals surface area contributed by atoms with Crippen molar-refractivity contribution in [2.24, 2.45) is 11.7 Å². The average Bonchev–Trinajstić information content (AvgIpc) is 3.12. The number of aromatic nitrogens is 4. The first-order chi connectivity index (χ1) is 14.3. The zero-order chi connectivity index (χ0) is 21.8. The Balaban J connectivity index is 1.75. The van der Waals surface area contributed by atoms with E-state index < -0.39 is 5.91 Å². The molecule has 0 radical (unpaired) electrons. The van der Waals surface area contributed by atoms with Crippen molar-refractivity contribution in [2.45, 2.75) is 53.1 Å². The van der Waals surface area contributed by atoms with Crippen molar-refractivity contribution in [2.75, 3.05) is 0 Å². The lowest BCUT2D eigenvalue weighted by Crippen LogP contribution is -2.16. The highest BCUT2D eigenvalue weighted by molar-refractivity contribution is 5.96. The van der Waals surface area contributed by atoms with Gasteiger partial charge >= 0.3 is 5.97 Å². The fraction of sp³-hybridized carbons (Fsp3) is 0.409. The van der Waals surface area contributed by atoms with Gasteiger partial charge in [0, 0.05) is 24.0 Å². The van der Waals surface area contributed by atoms with E-state index in [9.17, 15) is 9.59 Å². The zero-order valence-corrected chi connectivity index (χ0v) is 17.8. The van der Waals surface area contributed by atoms with E-state index >= 15 is 0 Å². The molecule has 0 saturated heterocycles. The van der Waals surface area contributed by atoms with E-state index in [2.05, 4.69) is 28.8 Å². The van der Waals surface area contributed by atoms with Crippen LogP contribution in [0.1, 0.15) is 65.9 Å². The van der Waals surface area contributed by atoms with Crippen molar-refractivity contribution in [3.05, 3.63) is 59.1 Å². The van der Waals surface area contributed by atoms with Crippen LogP contribution in [0.5, 0.6) is 0 Å². The molecule has 0 aromatic carbocycles. The molecule has 2 N–H and O–H groups in total. The van der Waals surface area contributed by atoms with Crippen LogP contribution in [0.3, 0.4) is 0 Å². The Kier molecular flexibility index (Phi) is 6.44. The quantitative estimate of drug-likeness (QED) is 0.572. The van der Waals surface area contributed by atoms with Crippen LogP contribution < -0.4 is 5.73 Å². The molecule has 1 amide bonds. The predicted octanol–water partition coefficient (Wildman–Crippen LogP) is 3.10. The van der Waals surface area contributed by atoms with Gasteiger partial charge in [0.25, 0.3) is 5.91 Å². The van der Waals surface area contributed by atoms with Crippen LogP contribution in [-0.2, 0) is 16.0 Å². The van der Waals surface area contributed by atoms with Crippen molar-refractivity contribution in [3.63, 3.8) is 0 Å². The molecular formula is C22H27N5O3. The number of pyridine rings is 1. The second-order valence-corrected chi connectivity index (χ2v) is 7.77. The van der Waals surface area contributed by atoms with E-state index in [0.717, 1.165) is 22.6 Å². The van der Waals surface area contributed by atoms with Gasteiger partial charge in [0.15, 0.2) is 11.3 Å². The van der Waals surface area contributed by atoms with Gasteiger partial charge < -0.3 is 10.5 Å². The van der Waals surface area contributed by atoms with Gasteiger partial charge in [0.05, 0.1) is 5.69 Å². The molecule has 0 bridgehead atoms. The molecule has 158 valence electrons. The number of fused-ring (bicyclic) bond motifs is 1. The second-order valence-electron chi connectivity index (χ2n) is 7.77. The summed E-state index contributed by atoms with van der Waals surface area (Å²) < 4.78 is 7.50. The molecule has 1 atom stereocenters. The number of imidazole rings is 1. The minimum Gasteiger partial charge on any atom is -0.456 e. The number of amides is 1. The highest BCUT2D eigenvalue weighted by Crippen LogP contribution is 2.25. The first-order valence-corrected chi connectivity index (χ1v) is 10.0. The predicted molar refractivity (Wildman–Crippen MR) is 112 cm³/mol. The smallest absolute Gasteiger partial charge is 0.306 e. The Bertz CT molecular complexity index is 1060. The van der Waals surface area contributed by atoms with Crippen molar-refractivity contribution in [1.29, 1.82) is 0 Å². The molecule has 3 aromatic rings. The largest absolute Gasteiger partial charge is 0.456 e. The highest BCUT2D eigenvalue weighted by Gasteiger charge is 2.21. The molecule has 8 heteroatoms. The van der Waals surface area contributed by atoms with Crippen molar-refractivity contribution in [3.8, 4) is 0 Å². The minimum absolute atomic E-state index is 0.138. The van der Waals surface area contributed by atoms with Gasteiger partial charge in [-0.05, 0) is 50.3 Å². The number of rotatable bonds is 8. The number of primary amides is 1. The third kappa shape index (κ3) is 4.64. The van der Waals surface area contributed by atoms with Crippen LogP contribution in [0.4, 0.5) is 0 Å². The summed E-state index contributed by atoms with van der Waals surface area (Å²) in [6, 6.07) is 5.61. The maximum Gasteiger partial charge on any atom is 0.306 e. The van der Waals surface area contributed by atoms with Crippen LogP contribution in [0, 0.1) is 19.8 Å². The monoisotopic (exact) mass is 409 g/mol. The van der Waals surface area contributed by atoms with E-state index in [1.165, 1.54) is 6.33 Å². The molecule has 3 heterocycles. The van der Waals surface area contributed by atoms with Crippen LogP contribution in [0.2, 0.25) is 0 Å². The summed E-state index contributed by atoms with van der Waals surface area (Å²) in [4.78, 5) is 37.0. The molecule has 0 spiro atoms. The standard InChI is InChI=1S/C22H27N5O3/c1-13(2)11-18(17-7-5-6-10-24-17)30-19(28)9-8-16-14(3)26-22-20(21(23)29)25-12-27(22)15(16)4/h5-7,10,12-13,18H,8-9,11H2,1-4H3,(H2,23,29). The Labute approximate surface area is 175 Å². The molecule has 30 heavy (non-hydrogen) atoms. The zero-order valence-electron chi connectivity index (χ0n) is 17.8. The number of carbonyl (C=O) groups is 2. The lowest BCUT2D eigenvalue weighted by atomic mass is 10.0. The van der Waals surface area contributed by atoms with Crippen molar-refractivity contribution >= 4 is 17.5 Å². The van der Waals surface area contributed by atoms with Gasteiger partial charge in [-0.1, -0.05) is 19.9 Å². The Morgan fingerprint density at radius 1 is 1.20 bits per heavy atom. The van der Waals surface area contributed by atoms with Crippen molar-refractivity contribution < 1.29 is 14.3 Å². The molecule has 8 nitrogen and oxygen atoms in total. The summed E-state index contributed by atoms with van der Waals surface area (Å²) in [5.41, 5.74) is 9.22. The summed E-state index contributed by atoms with van der Waals surface area (Å²) in [5.74, 6) is -0.541. The number of aryl methyl sites for hydroxylation is 2. The van der Waals surface area contributed by atoms with Crippen LogP contribution >= 0.6 is 0 Å². The van der Waals surface area contributed by atoms with Crippen LogP contribution in [0.25, 0.3) is 5.65 Å². The number of carbonyl (C=O) groups excluding carboxylic acids is 2. The molecule has 0 saturated carbocycles. The third-order valence-electron chi connectivity index (χ3n) is 5.04. The first-order valence-electron chi connectivity index (χ1n) is 10.0. The molecule has 0 aliphatic heterocycles. The molecule has 1 unspecified atom stereocenters. The second kappa shape index (κ2) is 9.02. The minimum atomic E-state index is -0.620. The maximum absolute atomic E-state index is 12.6. The Morgan fingerprint density at radius 3 is 2.60 bits per heavy atom. The molecule has 0 aliphatic rings. The third-order valence-corrected chi connectivity index (χ3v) is 5.04. The van der Waals surface area contributed by atoms with E-state index in [-0.39, 0.29) is 24.2 Å². The normalized spacial score (nSPS) is 12.3. The van der Waals surface area contributed by atoms with E-state index in [1.54, 1.807) is 10.6 Å². The van der Waals surface area contributed by atoms with Gasteiger partial charge in [0.2, 0.25) is 0 Å². The Hall–Kier alpha value is -3.29.